The molecule has 1 aromatic rings. The zero-order chi connectivity index (χ0) is 17.1. The molecule has 2 saturated heterocycles. The minimum Gasteiger partial charge on any atom is -0.351 e. The summed E-state index contributed by atoms with van der Waals surface area (Å²) < 4.78 is 1.69. The van der Waals surface area contributed by atoms with Gasteiger partial charge < -0.3 is 15.1 Å². The number of hydrogen-bond acceptors (Lipinski definition) is 3. The molecular weight excluding hydrogens is 306 g/mol. The Hall–Kier alpha value is -2.05. The first-order valence-electron chi connectivity index (χ1n) is 8.89. The number of likely N-dealkylation sites (tertiary alicyclic amines) is 2. The van der Waals surface area contributed by atoms with E-state index >= 15 is 0 Å². The summed E-state index contributed by atoms with van der Waals surface area (Å²) in [7, 11) is 0. The maximum atomic E-state index is 12.4. The summed E-state index contributed by atoms with van der Waals surface area (Å²) in [6.45, 7) is 7.02. The standard InChI is InChI=1S/C17H27N5O2/c1-13-11-18-22(12-13)14(2)16(23)19-15-5-9-21(10-6-15)17(24)20-7-3-4-8-20/h11-12,14-15H,3-10H2,1-2H3,(H,19,23)/t14-/m0/s1. The van der Waals surface area contributed by atoms with Crippen molar-refractivity contribution < 1.29 is 9.59 Å². The Labute approximate surface area is 143 Å². The number of aryl methyl sites for hydroxylation is 1. The maximum Gasteiger partial charge on any atom is 0.319 e. The molecule has 1 aromatic heterocycles. The van der Waals surface area contributed by atoms with Crippen LogP contribution < -0.4 is 5.32 Å². The largest absolute Gasteiger partial charge is 0.351 e. The molecule has 0 bridgehead atoms. The van der Waals surface area contributed by atoms with Gasteiger partial charge in [0, 0.05) is 38.4 Å². The van der Waals surface area contributed by atoms with E-state index in [1.54, 1.807) is 10.9 Å². The number of aromatic nitrogens is 2. The summed E-state index contributed by atoms with van der Waals surface area (Å²) in [5, 5.41) is 7.31. The van der Waals surface area contributed by atoms with Gasteiger partial charge >= 0.3 is 6.03 Å². The maximum absolute atomic E-state index is 12.4. The highest BCUT2D eigenvalue weighted by atomic mass is 16.2. The van der Waals surface area contributed by atoms with Crippen molar-refractivity contribution in [3.63, 3.8) is 0 Å². The highest BCUT2D eigenvalue weighted by Gasteiger charge is 2.29. The van der Waals surface area contributed by atoms with Crippen LogP contribution in [0.2, 0.25) is 0 Å². The van der Waals surface area contributed by atoms with E-state index in [9.17, 15) is 9.59 Å². The van der Waals surface area contributed by atoms with Gasteiger partial charge in [0.25, 0.3) is 0 Å². The summed E-state index contributed by atoms with van der Waals surface area (Å²) in [5.74, 6) is -0.0116. The van der Waals surface area contributed by atoms with Crippen molar-refractivity contribution in [2.45, 2.75) is 51.6 Å². The lowest BCUT2D eigenvalue weighted by Gasteiger charge is -2.35. The van der Waals surface area contributed by atoms with Crippen LogP contribution in [-0.4, -0.2) is 63.7 Å². The van der Waals surface area contributed by atoms with Crippen LogP contribution in [0.1, 0.15) is 44.2 Å². The molecule has 0 unspecified atom stereocenters. The SMILES string of the molecule is Cc1cnn([C@@H](C)C(=O)NC2CCN(C(=O)N3CCCC3)CC2)c1. The van der Waals surface area contributed by atoms with Crippen LogP contribution in [0.25, 0.3) is 0 Å². The molecule has 3 heterocycles. The van der Waals surface area contributed by atoms with E-state index in [1.165, 1.54) is 0 Å². The average molecular weight is 333 g/mol. The Bertz CT molecular complexity index is 586. The predicted octanol–water partition coefficient (Wildman–Crippen LogP) is 1.55. The Balaban J connectivity index is 1.46. The quantitative estimate of drug-likeness (QED) is 0.912. The van der Waals surface area contributed by atoms with Crippen molar-refractivity contribution in [2.75, 3.05) is 26.2 Å². The van der Waals surface area contributed by atoms with Gasteiger partial charge in [-0.25, -0.2) is 4.79 Å². The lowest BCUT2D eigenvalue weighted by molar-refractivity contribution is -0.125. The average Bonchev–Trinajstić information content (AvgIpc) is 3.25. The lowest BCUT2D eigenvalue weighted by atomic mass is 10.0. The minimum absolute atomic E-state index is 0.0116. The van der Waals surface area contributed by atoms with E-state index in [2.05, 4.69) is 10.4 Å². The molecule has 0 aliphatic carbocycles. The molecule has 24 heavy (non-hydrogen) atoms. The second kappa shape index (κ2) is 7.23. The molecule has 3 amide bonds. The number of carbonyl (C=O) groups excluding carboxylic acids is 2. The van der Waals surface area contributed by atoms with Gasteiger partial charge in [-0.2, -0.15) is 5.10 Å². The number of carbonyl (C=O) groups is 2. The van der Waals surface area contributed by atoms with Gasteiger partial charge in [-0.1, -0.05) is 0 Å². The van der Waals surface area contributed by atoms with Crippen molar-refractivity contribution in [2.24, 2.45) is 0 Å². The molecule has 0 spiro atoms. The topological polar surface area (TPSA) is 70.5 Å². The number of nitrogens with one attached hydrogen (secondary N) is 1. The second-order valence-electron chi connectivity index (χ2n) is 6.92. The monoisotopic (exact) mass is 333 g/mol. The van der Waals surface area contributed by atoms with Crippen LogP contribution in [0.3, 0.4) is 0 Å². The lowest BCUT2D eigenvalue weighted by Crippen LogP contribution is -2.50. The van der Waals surface area contributed by atoms with Gasteiger partial charge in [-0.3, -0.25) is 9.48 Å². The van der Waals surface area contributed by atoms with Gasteiger partial charge in [-0.15, -0.1) is 0 Å². The molecule has 0 saturated carbocycles. The Morgan fingerprint density at radius 2 is 1.79 bits per heavy atom. The number of rotatable bonds is 3. The third kappa shape index (κ3) is 3.71. The number of nitrogens with zero attached hydrogens (tertiary/aromatic N) is 4. The number of amides is 3. The van der Waals surface area contributed by atoms with Crippen molar-refractivity contribution >= 4 is 11.9 Å². The highest BCUT2D eigenvalue weighted by Crippen LogP contribution is 2.17. The summed E-state index contributed by atoms with van der Waals surface area (Å²) >= 11 is 0. The molecule has 7 heteroatoms. The normalized spacial score (nSPS) is 20.2. The predicted molar refractivity (Wildman–Crippen MR) is 90.6 cm³/mol. The van der Waals surface area contributed by atoms with Gasteiger partial charge in [0.1, 0.15) is 6.04 Å². The van der Waals surface area contributed by atoms with Crippen LogP contribution >= 0.6 is 0 Å². The molecule has 2 aliphatic heterocycles. The fourth-order valence-corrected chi connectivity index (χ4v) is 3.41. The van der Waals surface area contributed by atoms with Crippen molar-refractivity contribution in [1.29, 1.82) is 0 Å². The zero-order valence-electron chi connectivity index (χ0n) is 14.6. The first-order chi connectivity index (χ1) is 11.5. The van der Waals surface area contributed by atoms with Gasteiger partial charge in [0.2, 0.25) is 5.91 Å². The van der Waals surface area contributed by atoms with E-state index in [1.807, 2.05) is 29.8 Å². The molecule has 0 radical (unpaired) electrons. The summed E-state index contributed by atoms with van der Waals surface area (Å²) in [6.07, 6.45) is 7.49. The van der Waals surface area contributed by atoms with Crippen LogP contribution in [0, 0.1) is 6.92 Å². The van der Waals surface area contributed by atoms with E-state index < -0.39 is 0 Å². The van der Waals surface area contributed by atoms with Gasteiger partial charge in [0.05, 0.1) is 6.20 Å². The summed E-state index contributed by atoms with van der Waals surface area (Å²) in [5.41, 5.74) is 1.04. The summed E-state index contributed by atoms with van der Waals surface area (Å²) in [6, 6.07) is -0.0140. The Morgan fingerprint density at radius 1 is 1.17 bits per heavy atom. The molecule has 1 atom stereocenters. The van der Waals surface area contributed by atoms with Crippen molar-refractivity contribution in [3.05, 3.63) is 18.0 Å². The minimum atomic E-state index is -0.317. The molecule has 3 rings (SSSR count). The molecule has 0 aromatic carbocycles. The molecule has 1 N–H and O–H groups in total. The van der Waals surface area contributed by atoms with Crippen LogP contribution in [0.5, 0.6) is 0 Å². The van der Waals surface area contributed by atoms with Crippen molar-refractivity contribution in [3.8, 4) is 0 Å². The molecule has 7 nitrogen and oxygen atoms in total. The van der Waals surface area contributed by atoms with E-state index in [0.29, 0.717) is 0 Å². The number of urea groups is 1. The van der Waals surface area contributed by atoms with Crippen molar-refractivity contribution in [1.82, 2.24) is 24.9 Å². The second-order valence-corrected chi connectivity index (χ2v) is 6.92. The van der Waals surface area contributed by atoms with Crippen LogP contribution in [0.15, 0.2) is 12.4 Å². The molecular formula is C17H27N5O2. The molecule has 2 fully saturated rings. The smallest absolute Gasteiger partial charge is 0.319 e. The number of hydrogen-bond donors (Lipinski definition) is 1. The first-order valence-corrected chi connectivity index (χ1v) is 8.89. The van der Waals surface area contributed by atoms with E-state index in [4.69, 9.17) is 0 Å². The zero-order valence-corrected chi connectivity index (χ0v) is 14.6. The van der Waals surface area contributed by atoms with Gasteiger partial charge in [0.15, 0.2) is 0 Å². The fourth-order valence-electron chi connectivity index (χ4n) is 3.41. The Kier molecular flexibility index (Phi) is 5.06. The fraction of sp³-hybridized carbons (Fsp3) is 0.706. The number of piperidine rings is 1. The van der Waals surface area contributed by atoms with E-state index in [-0.39, 0.29) is 24.0 Å². The van der Waals surface area contributed by atoms with E-state index in [0.717, 1.165) is 57.4 Å². The highest BCUT2D eigenvalue weighted by molar-refractivity contribution is 5.80. The van der Waals surface area contributed by atoms with Gasteiger partial charge in [-0.05, 0) is 45.1 Å². The third-order valence-corrected chi connectivity index (χ3v) is 5.00. The third-order valence-electron chi connectivity index (χ3n) is 5.00. The van der Waals surface area contributed by atoms with Crippen LogP contribution in [0.4, 0.5) is 4.79 Å². The summed E-state index contributed by atoms with van der Waals surface area (Å²) in [4.78, 5) is 28.6. The van der Waals surface area contributed by atoms with Crippen LogP contribution in [-0.2, 0) is 4.79 Å². The molecule has 2 aliphatic rings. The molecule has 132 valence electrons. The Morgan fingerprint density at radius 3 is 2.38 bits per heavy atom. The first kappa shape index (κ1) is 16.8.